The lowest BCUT2D eigenvalue weighted by atomic mass is 10.0. The molecule has 0 fully saturated rings. The Morgan fingerprint density at radius 1 is 1.23 bits per heavy atom. The van der Waals surface area contributed by atoms with Crippen molar-refractivity contribution in [2.75, 3.05) is 0 Å². The summed E-state index contributed by atoms with van der Waals surface area (Å²) in [7, 11) is 0. The van der Waals surface area contributed by atoms with E-state index in [-0.39, 0.29) is 23.5 Å². The zero-order chi connectivity index (χ0) is 18.3. The van der Waals surface area contributed by atoms with E-state index < -0.39 is 0 Å². The van der Waals surface area contributed by atoms with Crippen LogP contribution >= 0.6 is 11.3 Å². The van der Waals surface area contributed by atoms with Crippen LogP contribution in [0.25, 0.3) is 21.3 Å². The van der Waals surface area contributed by atoms with Gasteiger partial charge in [-0.2, -0.15) is 0 Å². The molecule has 0 saturated carbocycles. The highest BCUT2D eigenvalue weighted by Gasteiger charge is 2.16. The van der Waals surface area contributed by atoms with E-state index in [9.17, 15) is 9.59 Å². The number of thiophene rings is 1. The van der Waals surface area contributed by atoms with Gasteiger partial charge in [-0.3, -0.25) is 9.59 Å². The van der Waals surface area contributed by atoms with E-state index in [1.54, 1.807) is 12.1 Å². The molecule has 0 bridgehead atoms. The molecule has 0 aliphatic carbocycles. The van der Waals surface area contributed by atoms with Crippen molar-refractivity contribution in [3.63, 3.8) is 0 Å². The maximum atomic E-state index is 12.7. The first-order chi connectivity index (χ1) is 12.5. The number of H-pyrrole nitrogens is 1. The Bertz CT molecular complexity index is 1170. The largest absolute Gasteiger partial charge is 0.461 e. The Morgan fingerprint density at radius 3 is 2.81 bits per heavy atom. The van der Waals surface area contributed by atoms with Crippen molar-refractivity contribution >= 4 is 27.3 Å². The minimum Gasteiger partial charge on any atom is -0.461 e. The summed E-state index contributed by atoms with van der Waals surface area (Å²) in [5.74, 6) is 0.385. The number of carbonyl (C=O) groups is 1. The van der Waals surface area contributed by atoms with Crippen molar-refractivity contribution in [1.82, 2.24) is 9.97 Å². The molecule has 0 saturated heterocycles. The van der Waals surface area contributed by atoms with E-state index in [1.165, 1.54) is 28.7 Å². The van der Waals surface area contributed by atoms with E-state index in [1.807, 2.05) is 24.4 Å². The van der Waals surface area contributed by atoms with Crippen molar-refractivity contribution in [2.24, 2.45) is 0 Å². The van der Waals surface area contributed by atoms with Gasteiger partial charge in [-0.05, 0) is 42.7 Å². The molecule has 26 heavy (non-hydrogen) atoms. The second-order valence-corrected chi connectivity index (χ2v) is 7.08. The molecular weight excluding hydrogens is 348 g/mol. The summed E-state index contributed by atoms with van der Waals surface area (Å²) in [5, 5.41) is 2.50. The fourth-order valence-electron chi connectivity index (χ4n) is 2.88. The molecule has 5 nitrogen and oxygen atoms in total. The van der Waals surface area contributed by atoms with Gasteiger partial charge in [0.2, 0.25) is 5.78 Å². The number of furan rings is 1. The SMILES string of the molecule is Cc1ccc(-c2csc3nc(CC(=O)c4ccco4)[nH]c(=O)c23)cc1C. The first-order valence-corrected chi connectivity index (χ1v) is 9.05. The fraction of sp³-hybridized carbons (Fsp3) is 0.150. The van der Waals surface area contributed by atoms with Gasteiger partial charge in [-0.15, -0.1) is 11.3 Å². The topological polar surface area (TPSA) is 76.0 Å². The lowest BCUT2D eigenvalue weighted by molar-refractivity contribution is 0.0964. The minimum atomic E-state index is -0.230. The quantitative estimate of drug-likeness (QED) is 0.548. The highest BCUT2D eigenvalue weighted by atomic mass is 32.1. The first kappa shape index (κ1) is 16.5. The van der Waals surface area contributed by atoms with Crippen LogP contribution in [-0.2, 0) is 6.42 Å². The standard InChI is InChI=1S/C20H16N2O3S/c1-11-5-6-13(8-12(11)2)14-10-26-20-18(14)19(24)21-17(22-20)9-15(23)16-4-3-7-25-16/h3-8,10H,9H2,1-2H3,(H,21,22,24). The van der Waals surface area contributed by atoms with Gasteiger partial charge >= 0.3 is 0 Å². The van der Waals surface area contributed by atoms with Gasteiger partial charge in [-0.1, -0.05) is 18.2 Å². The van der Waals surface area contributed by atoms with Gasteiger partial charge in [0.1, 0.15) is 10.7 Å². The van der Waals surface area contributed by atoms with Crippen LogP contribution in [0.1, 0.15) is 27.5 Å². The maximum absolute atomic E-state index is 12.7. The monoisotopic (exact) mass is 364 g/mol. The van der Waals surface area contributed by atoms with Gasteiger partial charge in [0.25, 0.3) is 5.56 Å². The molecule has 6 heteroatoms. The van der Waals surface area contributed by atoms with Gasteiger partial charge in [0.15, 0.2) is 5.76 Å². The van der Waals surface area contributed by atoms with Crippen LogP contribution in [0.4, 0.5) is 0 Å². The molecule has 3 heterocycles. The number of fused-ring (bicyclic) bond motifs is 1. The van der Waals surface area contributed by atoms with Crippen LogP contribution in [0.15, 0.2) is 51.2 Å². The average Bonchev–Trinajstić information content (AvgIpc) is 3.27. The number of nitrogens with zero attached hydrogens (tertiary/aromatic N) is 1. The van der Waals surface area contributed by atoms with Crippen molar-refractivity contribution in [3.05, 3.63) is 75.0 Å². The Labute approximate surface area is 153 Å². The maximum Gasteiger partial charge on any atom is 0.260 e. The van der Waals surface area contributed by atoms with Crippen LogP contribution in [0, 0.1) is 13.8 Å². The van der Waals surface area contributed by atoms with Crippen molar-refractivity contribution in [1.29, 1.82) is 0 Å². The smallest absolute Gasteiger partial charge is 0.260 e. The van der Waals surface area contributed by atoms with E-state index in [0.717, 1.165) is 11.1 Å². The van der Waals surface area contributed by atoms with Crippen molar-refractivity contribution in [2.45, 2.75) is 20.3 Å². The summed E-state index contributed by atoms with van der Waals surface area (Å²) in [5.41, 5.74) is 4.01. The number of aromatic amines is 1. The summed E-state index contributed by atoms with van der Waals surface area (Å²) in [6.45, 7) is 4.11. The number of aromatic nitrogens is 2. The summed E-state index contributed by atoms with van der Waals surface area (Å²) in [6.07, 6.45) is 1.44. The third-order valence-corrected chi connectivity index (χ3v) is 5.31. The molecule has 0 aliphatic rings. The molecule has 3 aromatic heterocycles. The Hall–Kier alpha value is -2.99. The second kappa shape index (κ2) is 6.38. The highest BCUT2D eigenvalue weighted by Crippen LogP contribution is 2.31. The van der Waals surface area contributed by atoms with Crippen LogP contribution in [0.3, 0.4) is 0 Å². The normalized spacial score (nSPS) is 11.2. The molecule has 0 spiro atoms. The first-order valence-electron chi connectivity index (χ1n) is 8.17. The predicted molar refractivity (Wildman–Crippen MR) is 102 cm³/mol. The van der Waals surface area contributed by atoms with Gasteiger partial charge in [0, 0.05) is 10.9 Å². The van der Waals surface area contributed by atoms with Crippen LogP contribution in [-0.4, -0.2) is 15.8 Å². The number of hydrogen-bond donors (Lipinski definition) is 1. The molecule has 1 aromatic carbocycles. The van der Waals surface area contributed by atoms with Crippen LogP contribution < -0.4 is 5.56 Å². The summed E-state index contributed by atoms with van der Waals surface area (Å²) < 4.78 is 5.10. The summed E-state index contributed by atoms with van der Waals surface area (Å²) >= 11 is 1.41. The zero-order valence-electron chi connectivity index (χ0n) is 14.3. The molecule has 130 valence electrons. The number of aryl methyl sites for hydroxylation is 2. The van der Waals surface area contributed by atoms with Crippen molar-refractivity contribution < 1.29 is 9.21 Å². The van der Waals surface area contributed by atoms with E-state index in [2.05, 4.69) is 23.0 Å². The summed E-state index contributed by atoms with van der Waals surface area (Å²) in [4.78, 5) is 32.7. The number of Topliss-reactive ketones (excluding diaryl/α,β-unsaturated/α-hetero) is 1. The van der Waals surface area contributed by atoms with Crippen LogP contribution in [0.2, 0.25) is 0 Å². The Morgan fingerprint density at radius 2 is 2.08 bits per heavy atom. The molecule has 0 unspecified atom stereocenters. The van der Waals surface area contributed by atoms with E-state index in [4.69, 9.17) is 4.42 Å². The number of ketones is 1. The lowest BCUT2D eigenvalue weighted by Crippen LogP contribution is -2.14. The third-order valence-electron chi connectivity index (χ3n) is 4.43. The van der Waals surface area contributed by atoms with Crippen molar-refractivity contribution in [3.8, 4) is 11.1 Å². The zero-order valence-corrected chi connectivity index (χ0v) is 15.1. The third kappa shape index (κ3) is 2.88. The average molecular weight is 364 g/mol. The molecule has 4 aromatic rings. The molecule has 1 N–H and O–H groups in total. The summed E-state index contributed by atoms with van der Waals surface area (Å²) in [6, 6.07) is 9.39. The molecule has 0 radical (unpaired) electrons. The predicted octanol–water partition coefficient (Wildman–Crippen LogP) is 4.29. The minimum absolute atomic E-state index is 0.00440. The molecular formula is C20H16N2O3S. The number of carbonyl (C=O) groups excluding carboxylic acids is 1. The molecule has 0 aliphatic heterocycles. The van der Waals surface area contributed by atoms with Gasteiger partial charge in [0.05, 0.1) is 18.1 Å². The number of rotatable bonds is 4. The number of hydrogen-bond acceptors (Lipinski definition) is 5. The fourth-order valence-corrected chi connectivity index (χ4v) is 3.84. The van der Waals surface area contributed by atoms with Gasteiger partial charge in [-0.25, -0.2) is 4.98 Å². The molecule has 0 amide bonds. The number of nitrogens with one attached hydrogen (secondary N) is 1. The van der Waals surface area contributed by atoms with E-state index >= 15 is 0 Å². The lowest BCUT2D eigenvalue weighted by Gasteiger charge is -2.05. The number of benzene rings is 1. The molecule has 4 rings (SSSR count). The van der Waals surface area contributed by atoms with Gasteiger partial charge < -0.3 is 9.40 Å². The molecule has 0 atom stereocenters. The second-order valence-electron chi connectivity index (χ2n) is 6.22. The Balaban J connectivity index is 1.74. The van der Waals surface area contributed by atoms with Crippen LogP contribution in [0.5, 0.6) is 0 Å². The highest BCUT2D eigenvalue weighted by molar-refractivity contribution is 7.17. The van der Waals surface area contributed by atoms with E-state index in [0.29, 0.717) is 16.0 Å². The Kier molecular flexibility index (Phi) is 4.05.